The van der Waals surface area contributed by atoms with E-state index >= 15 is 0 Å². The van der Waals surface area contributed by atoms with Gasteiger partial charge < -0.3 is 20.7 Å². The van der Waals surface area contributed by atoms with Crippen molar-refractivity contribution >= 4 is 50.9 Å². The Labute approximate surface area is 198 Å². The molecule has 0 saturated carbocycles. The van der Waals surface area contributed by atoms with E-state index in [9.17, 15) is 32.7 Å². The molecule has 3 rings (SSSR count). The summed E-state index contributed by atoms with van der Waals surface area (Å²) in [4.78, 5) is 56.9. The maximum Gasteiger partial charge on any atom is 0.323 e. The summed E-state index contributed by atoms with van der Waals surface area (Å²) >= 11 is 0. The first-order valence-corrected chi connectivity index (χ1v) is 11.6. The van der Waals surface area contributed by atoms with Crippen LogP contribution in [0, 0.1) is 0 Å². The summed E-state index contributed by atoms with van der Waals surface area (Å²) in [5.41, 5.74) is 2.58. The number of carbonyl (C=O) groups is 2. The van der Waals surface area contributed by atoms with Crippen LogP contribution in [0.25, 0.3) is 5.65 Å². The lowest BCUT2D eigenvalue weighted by molar-refractivity contribution is 0.0775. The fourth-order valence-electron chi connectivity index (χ4n) is 3.38. The maximum absolute atomic E-state index is 13.1. The number of isocyanates is 1. The summed E-state index contributed by atoms with van der Waals surface area (Å²) in [7, 11) is -4.48. The van der Waals surface area contributed by atoms with Gasteiger partial charge in [0.05, 0.1) is 5.69 Å². The Morgan fingerprint density at radius 3 is 2.40 bits per heavy atom. The predicted molar refractivity (Wildman–Crippen MR) is 126 cm³/mol. The highest BCUT2D eigenvalue weighted by Crippen LogP contribution is 2.36. The molecule has 0 radical (unpaired) electrons. The van der Waals surface area contributed by atoms with Crippen LogP contribution in [0.1, 0.15) is 34.6 Å². The number of fused-ring (bicyclic) bond motifs is 1. The highest BCUT2D eigenvalue weighted by Gasteiger charge is 2.31. The molecule has 0 atom stereocenters. The van der Waals surface area contributed by atoms with Gasteiger partial charge in [-0.3, -0.25) is 19.1 Å². The van der Waals surface area contributed by atoms with E-state index in [1.165, 1.54) is 23.1 Å². The minimum absolute atomic E-state index is 0.143. The number of aliphatic imine (C=N–C) groups is 1. The van der Waals surface area contributed by atoms with E-state index in [-0.39, 0.29) is 30.0 Å². The van der Waals surface area contributed by atoms with E-state index in [4.69, 9.17) is 5.73 Å². The van der Waals surface area contributed by atoms with E-state index < -0.39 is 50.5 Å². The topological polar surface area (TPSA) is 209 Å². The fraction of sp³-hybridized carbons (Fsp3) is 0.200. The van der Waals surface area contributed by atoms with Crippen molar-refractivity contribution < 1.29 is 27.9 Å². The van der Waals surface area contributed by atoms with Crippen molar-refractivity contribution in [3.8, 4) is 5.88 Å². The minimum atomic E-state index is -4.48. The molecule has 1 aromatic carbocycles. The molecule has 0 saturated heterocycles. The van der Waals surface area contributed by atoms with Crippen molar-refractivity contribution in [2.75, 3.05) is 23.5 Å². The largest absolute Gasteiger partial charge is 0.493 e. The number of nitrogens with zero attached hydrogens (tertiary/aromatic N) is 3. The molecule has 2 aromatic heterocycles. The van der Waals surface area contributed by atoms with Gasteiger partial charge in [-0.1, -0.05) is 18.2 Å². The molecule has 15 heteroatoms. The van der Waals surface area contributed by atoms with Gasteiger partial charge in [-0.15, -0.1) is 0 Å². The van der Waals surface area contributed by atoms with Gasteiger partial charge >= 0.3 is 10.2 Å². The monoisotopic (exact) mass is 503 g/mol. The average Bonchev–Trinajstić information content (AvgIpc) is 3.06. The van der Waals surface area contributed by atoms with Crippen molar-refractivity contribution in [3.05, 3.63) is 51.8 Å². The molecule has 0 aliphatic heterocycles. The molecule has 2 amide bonds. The third-order valence-electron chi connectivity index (χ3n) is 4.96. The Balaban J connectivity index is 2.15. The first-order valence-electron chi connectivity index (χ1n) is 10.1. The molecule has 14 nitrogen and oxygen atoms in total. The summed E-state index contributed by atoms with van der Waals surface area (Å²) in [5, 5.41) is 10.6. The lowest BCUT2D eigenvalue weighted by atomic mass is 10.2. The van der Waals surface area contributed by atoms with E-state index in [0.717, 1.165) is 0 Å². The van der Waals surface area contributed by atoms with Gasteiger partial charge in [-0.05, 0) is 26.0 Å². The van der Waals surface area contributed by atoms with Gasteiger partial charge in [0.2, 0.25) is 12.0 Å². The molecule has 0 spiro atoms. The van der Waals surface area contributed by atoms with Crippen molar-refractivity contribution in [2.24, 2.45) is 4.99 Å². The molecule has 0 aliphatic carbocycles. The number of carbonyl (C=O) groups excluding carboxylic acids is 3. The number of benzene rings is 1. The summed E-state index contributed by atoms with van der Waals surface area (Å²) < 4.78 is 29.0. The number of hydrogen-bond donors (Lipinski definition) is 5. The zero-order valence-electron chi connectivity index (χ0n) is 18.5. The Morgan fingerprint density at radius 1 is 1.20 bits per heavy atom. The first-order chi connectivity index (χ1) is 16.6. The lowest BCUT2D eigenvalue weighted by Gasteiger charge is -2.18. The fourth-order valence-corrected chi connectivity index (χ4v) is 4.23. The van der Waals surface area contributed by atoms with Crippen LogP contribution >= 0.6 is 0 Å². The number of nitrogens with one attached hydrogen (secondary N) is 3. The van der Waals surface area contributed by atoms with Crippen LogP contribution in [0.5, 0.6) is 5.88 Å². The van der Waals surface area contributed by atoms with Gasteiger partial charge in [-0.2, -0.15) is 13.4 Å². The molecule has 184 valence electrons. The molecule has 0 fully saturated rings. The van der Waals surface area contributed by atoms with Crippen LogP contribution in [-0.2, 0) is 15.0 Å². The number of aromatic hydroxyl groups is 1. The van der Waals surface area contributed by atoms with Gasteiger partial charge in [0, 0.05) is 13.1 Å². The average molecular weight is 503 g/mol. The normalized spacial score (nSPS) is 11.0. The lowest BCUT2D eigenvalue weighted by Crippen LogP contribution is -2.39. The molecular formula is C20H21N7O7S. The second-order valence-electron chi connectivity index (χ2n) is 7.03. The molecule has 0 unspecified atom stereocenters. The van der Waals surface area contributed by atoms with Gasteiger partial charge in [0.15, 0.2) is 5.69 Å². The second kappa shape index (κ2) is 9.70. The number of H-pyrrole nitrogens is 1. The van der Waals surface area contributed by atoms with E-state index in [1.54, 1.807) is 36.8 Å². The third-order valence-corrected chi connectivity index (χ3v) is 5.92. The number of hydrogen-bond acceptors (Lipinski definition) is 9. The number of nitrogens with two attached hydrogens (primary N) is 1. The SMILES string of the molecule is CCN(CC)C(=O)c1c(N=C=O)c(O)n2c(=O)c(C(=O)NS(=O)(=O)Nc3ccccc3)c(N)[nH]c12. The standard InChI is InChI=1S/C20H21N7O7S/c1-3-26(4-2)18(30)12-14(22-10-28)20(32)27-16(12)23-15(21)13(19(27)31)17(29)25-35(33,34)24-11-8-6-5-7-9-11/h5-9,23-24,32H,3-4,21H2,1-2H3,(H,25,29). The van der Waals surface area contributed by atoms with E-state index in [0.29, 0.717) is 4.40 Å². The Kier molecular flexibility index (Phi) is 6.93. The van der Waals surface area contributed by atoms with Crippen LogP contribution < -0.4 is 20.7 Å². The second-order valence-corrected chi connectivity index (χ2v) is 8.45. The third kappa shape index (κ3) is 4.71. The number of para-hydroxylation sites is 1. The quantitative estimate of drug-likeness (QED) is 0.215. The van der Waals surface area contributed by atoms with Crippen LogP contribution in [0.4, 0.5) is 17.2 Å². The molecule has 0 bridgehead atoms. The molecule has 2 heterocycles. The Hall–Kier alpha value is -4.62. The summed E-state index contributed by atoms with van der Waals surface area (Å²) in [6.45, 7) is 3.88. The Bertz CT molecular complexity index is 1520. The zero-order valence-corrected chi connectivity index (χ0v) is 19.3. The number of rotatable bonds is 8. The first kappa shape index (κ1) is 25.0. The highest BCUT2D eigenvalue weighted by atomic mass is 32.2. The van der Waals surface area contributed by atoms with Crippen LogP contribution in [0.2, 0.25) is 0 Å². The summed E-state index contributed by atoms with van der Waals surface area (Å²) in [6.07, 6.45) is 1.20. The maximum atomic E-state index is 13.1. The molecule has 0 aliphatic rings. The van der Waals surface area contributed by atoms with E-state index in [2.05, 4.69) is 14.7 Å². The Morgan fingerprint density at radius 2 is 1.83 bits per heavy atom. The van der Waals surface area contributed by atoms with Crippen molar-refractivity contribution in [1.29, 1.82) is 0 Å². The van der Waals surface area contributed by atoms with Crippen molar-refractivity contribution in [1.82, 2.24) is 19.0 Å². The van der Waals surface area contributed by atoms with Gasteiger partial charge in [0.25, 0.3) is 17.4 Å². The number of nitrogen functional groups attached to an aromatic ring is 1. The van der Waals surface area contributed by atoms with Crippen molar-refractivity contribution in [2.45, 2.75) is 13.8 Å². The van der Waals surface area contributed by atoms with Crippen LogP contribution in [0.3, 0.4) is 0 Å². The molecule has 3 aromatic rings. The predicted octanol–water partition coefficient (Wildman–Crippen LogP) is 0.451. The number of aromatic nitrogens is 2. The van der Waals surface area contributed by atoms with Crippen molar-refractivity contribution in [3.63, 3.8) is 0 Å². The number of aromatic amines is 1. The molecule has 6 N–H and O–H groups in total. The number of amides is 2. The van der Waals surface area contributed by atoms with Crippen LogP contribution in [-0.4, -0.2) is 58.8 Å². The number of anilines is 2. The summed E-state index contributed by atoms with van der Waals surface area (Å²) in [5.74, 6) is -3.65. The zero-order chi connectivity index (χ0) is 25.9. The minimum Gasteiger partial charge on any atom is -0.493 e. The smallest absolute Gasteiger partial charge is 0.323 e. The van der Waals surface area contributed by atoms with Crippen LogP contribution in [0.15, 0.2) is 40.1 Å². The van der Waals surface area contributed by atoms with Gasteiger partial charge in [0.1, 0.15) is 22.6 Å². The highest BCUT2D eigenvalue weighted by molar-refractivity contribution is 7.91. The molecule has 35 heavy (non-hydrogen) atoms. The van der Waals surface area contributed by atoms with E-state index in [1.807, 2.05) is 0 Å². The molecular weight excluding hydrogens is 482 g/mol. The van der Waals surface area contributed by atoms with Gasteiger partial charge in [-0.25, -0.2) is 13.9 Å². The summed E-state index contributed by atoms with van der Waals surface area (Å²) in [6, 6.07) is 7.62.